The van der Waals surface area contributed by atoms with Crippen LogP contribution in [0.5, 0.6) is 0 Å². The van der Waals surface area contributed by atoms with E-state index in [1.807, 2.05) is 6.92 Å². The van der Waals surface area contributed by atoms with Crippen molar-refractivity contribution in [3.05, 3.63) is 5.82 Å². The first kappa shape index (κ1) is 14.1. The number of ketones is 1. The van der Waals surface area contributed by atoms with Crippen molar-refractivity contribution in [2.75, 3.05) is 12.4 Å². The van der Waals surface area contributed by atoms with Crippen LogP contribution in [0.4, 0.5) is 0 Å². The Bertz CT molecular complexity index is 393. The molecule has 0 N–H and O–H groups in total. The van der Waals surface area contributed by atoms with Crippen molar-refractivity contribution >= 4 is 35.0 Å². The number of hydrogen-bond donors (Lipinski definition) is 0. The first-order valence-corrected chi connectivity index (χ1v) is 6.98. The first-order valence-electron chi connectivity index (χ1n) is 5.22. The summed E-state index contributed by atoms with van der Waals surface area (Å²) in [5, 5.41) is 0. The molecule has 1 aromatic heterocycles. The number of carbonyl (C=O) groups excluding carboxylic acids is 2. The van der Waals surface area contributed by atoms with Crippen LogP contribution >= 0.6 is 23.3 Å². The highest BCUT2D eigenvalue weighted by molar-refractivity contribution is 8.01. The number of aromatic nitrogens is 2. The largest absolute Gasteiger partial charge is 0.466 e. The minimum Gasteiger partial charge on any atom is -0.466 e. The van der Waals surface area contributed by atoms with Crippen LogP contribution in [0.15, 0.2) is 4.34 Å². The molecule has 1 heterocycles. The summed E-state index contributed by atoms with van der Waals surface area (Å²) in [4.78, 5) is 26.6. The Morgan fingerprint density at radius 1 is 1.41 bits per heavy atom. The molecule has 0 saturated heterocycles. The number of Topliss-reactive ketones (excluding diaryl/α,β-unsaturated/α-hetero) is 1. The Morgan fingerprint density at radius 2 is 2.18 bits per heavy atom. The van der Waals surface area contributed by atoms with Gasteiger partial charge in [-0.3, -0.25) is 9.59 Å². The molecule has 0 aromatic carbocycles. The van der Waals surface area contributed by atoms with Gasteiger partial charge in [0.05, 0.1) is 18.8 Å². The van der Waals surface area contributed by atoms with Crippen molar-refractivity contribution in [1.82, 2.24) is 9.36 Å². The highest BCUT2D eigenvalue weighted by atomic mass is 32.2. The summed E-state index contributed by atoms with van der Waals surface area (Å²) in [6, 6.07) is 0. The first-order chi connectivity index (χ1) is 8.11. The SMILES string of the molecule is CCOC(=O)CCC(=O)CSc1nc(C)ns1. The highest BCUT2D eigenvalue weighted by Gasteiger charge is 2.09. The van der Waals surface area contributed by atoms with Gasteiger partial charge in [-0.1, -0.05) is 11.8 Å². The van der Waals surface area contributed by atoms with E-state index in [0.717, 1.165) is 10.2 Å². The zero-order valence-corrected chi connectivity index (χ0v) is 11.4. The number of carbonyl (C=O) groups is 2. The van der Waals surface area contributed by atoms with E-state index in [-0.39, 0.29) is 24.6 Å². The summed E-state index contributed by atoms with van der Waals surface area (Å²) in [6.45, 7) is 3.91. The van der Waals surface area contributed by atoms with Crippen molar-refractivity contribution in [2.24, 2.45) is 0 Å². The molecule has 0 atom stereocenters. The number of esters is 1. The van der Waals surface area contributed by atoms with Crippen molar-refractivity contribution < 1.29 is 14.3 Å². The molecular formula is C10H14N2O3S2. The van der Waals surface area contributed by atoms with Crippen LogP contribution in [-0.2, 0) is 14.3 Å². The second-order valence-electron chi connectivity index (χ2n) is 3.24. The number of ether oxygens (including phenoxy) is 1. The van der Waals surface area contributed by atoms with Gasteiger partial charge in [0.2, 0.25) is 0 Å². The van der Waals surface area contributed by atoms with E-state index in [2.05, 4.69) is 9.36 Å². The molecule has 0 saturated carbocycles. The normalized spacial score (nSPS) is 10.2. The Kier molecular flexibility index (Phi) is 6.13. The number of thioether (sulfide) groups is 1. The van der Waals surface area contributed by atoms with Gasteiger partial charge in [-0.2, -0.15) is 4.37 Å². The Hall–Kier alpha value is -0.950. The molecule has 1 aromatic rings. The maximum Gasteiger partial charge on any atom is 0.306 e. The number of hydrogen-bond acceptors (Lipinski definition) is 7. The van der Waals surface area contributed by atoms with E-state index in [1.54, 1.807) is 6.92 Å². The van der Waals surface area contributed by atoms with Gasteiger partial charge in [0.15, 0.2) is 4.34 Å². The van der Waals surface area contributed by atoms with Crippen LogP contribution < -0.4 is 0 Å². The van der Waals surface area contributed by atoms with Gasteiger partial charge in [-0.15, -0.1) is 0 Å². The predicted octanol–water partition coefficient (Wildman–Crippen LogP) is 1.85. The summed E-state index contributed by atoms with van der Waals surface area (Å²) in [5.74, 6) is 0.749. The van der Waals surface area contributed by atoms with Crippen molar-refractivity contribution in [2.45, 2.75) is 31.0 Å². The minimum absolute atomic E-state index is 0.0240. The average molecular weight is 274 g/mol. The Morgan fingerprint density at radius 3 is 2.76 bits per heavy atom. The molecule has 7 heteroatoms. The smallest absolute Gasteiger partial charge is 0.306 e. The lowest BCUT2D eigenvalue weighted by Crippen LogP contribution is -2.08. The Labute approximate surface area is 108 Å². The molecule has 17 heavy (non-hydrogen) atoms. The summed E-state index contributed by atoms with van der Waals surface area (Å²) >= 11 is 2.64. The number of aryl methyl sites for hydroxylation is 1. The molecule has 94 valence electrons. The van der Waals surface area contributed by atoms with Crippen molar-refractivity contribution in [1.29, 1.82) is 0 Å². The molecule has 0 aliphatic heterocycles. The molecule has 0 spiro atoms. The third kappa shape index (κ3) is 5.78. The van der Waals surface area contributed by atoms with Crippen LogP contribution in [0.1, 0.15) is 25.6 Å². The van der Waals surface area contributed by atoms with Gasteiger partial charge in [-0.25, -0.2) is 4.98 Å². The molecule has 0 aliphatic rings. The fraction of sp³-hybridized carbons (Fsp3) is 0.600. The van der Waals surface area contributed by atoms with Crippen LogP contribution in [-0.4, -0.2) is 33.5 Å². The van der Waals surface area contributed by atoms with Crippen molar-refractivity contribution in [3.8, 4) is 0 Å². The lowest BCUT2D eigenvalue weighted by atomic mass is 10.2. The zero-order chi connectivity index (χ0) is 12.7. The lowest BCUT2D eigenvalue weighted by Gasteiger charge is -2.00. The molecule has 0 radical (unpaired) electrons. The number of rotatable bonds is 7. The van der Waals surface area contributed by atoms with Gasteiger partial charge >= 0.3 is 5.97 Å². The molecule has 0 unspecified atom stereocenters. The van der Waals surface area contributed by atoms with Gasteiger partial charge in [0.25, 0.3) is 0 Å². The van der Waals surface area contributed by atoms with Crippen molar-refractivity contribution in [3.63, 3.8) is 0 Å². The summed E-state index contributed by atoms with van der Waals surface area (Å²) in [5.41, 5.74) is 0. The third-order valence-corrected chi connectivity index (χ3v) is 3.76. The molecule has 1 rings (SSSR count). The van der Waals surface area contributed by atoms with Crippen LogP contribution in [0.3, 0.4) is 0 Å². The highest BCUT2D eigenvalue weighted by Crippen LogP contribution is 2.20. The van der Waals surface area contributed by atoms with Crippen LogP contribution in [0.25, 0.3) is 0 Å². The van der Waals surface area contributed by atoms with Gasteiger partial charge in [-0.05, 0) is 25.4 Å². The molecule has 0 fully saturated rings. The number of nitrogens with zero attached hydrogens (tertiary/aromatic N) is 2. The molecule has 5 nitrogen and oxygen atoms in total. The van der Waals surface area contributed by atoms with E-state index < -0.39 is 0 Å². The Balaban J connectivity index is 2.19. The fourth-order valence-corrected chi connectivity index (χ4v) is 2.57. The summed E-state index contributed by atoms with van der Waals surface area (Å²) in [6.07, 6.45) is 0.381. The fourth-order valence-electron chi connectivity index (χ4n) is 1.03. The molecule has 0 bridgehead atoms. The summed E-state index contributed by atoms with van der Waals surface area (Å²) < 4.78 is 9.54. The van der Waals surface area contributed by atoms with E-state index >= 15 is 0 Å². The maximum absolute atomic E-state index is 11.5. The molecular weight excluding hydrogens is 260 g/mol. The monoisotopic (exact) mass is 274 g/mol. The van der Waals surface area contributed by atoms with Crippen LogP contribution in [0, 0.1) is 6.92 Å². The maximum atomic E-state index is 11.5. The van der Waals surface area contributed by atoms with E-state index in [4.69, 9.17) is 4.74 Å². The molecule has 0 amide bonds. The second-order valence-corrected chi connectivity index (χ2v) is 5.21. The van der Waals surface area contributed by atoms with Gasteiger partial charge in [0, 0.05) is 6.42 Å². The minimum atomic E-state index is -0.322. The third-order valence-electron chi connectivity index (χ3n) is 1.78. The van der Waals surface area contributed by atoms with Gasteiger partial charge < -0.3 is 4.74 Å². The van der Waals surface area contributed by atoms with E-state index in [1.165, 1.54) is 23.3 Å². The topological polar surface area (TPSA) is 69.2 Å². The summed E-state index contributed by atoms with van der Waals surface area (Å²) in [7, 11) is 0. The van der Waals surface area contributed by atoms with E-state index in [0.29, 0.717) is 12.4 Å². The molecule has 0 aliphatic carbocycles. The standard InChI is InChI=1S/C10H14N2O3S2/c1-3-15-9(14)5-4-8(13)6-16-10-11-7(2)12-17-10/h3-6H2,1-2H3. The lowest BCUT2D eigenvalue weighted by molar-refractivity contribution is -0.144. The van der Waals surface area contributed by atoms with Crippen LogP contribution in [0.2, 0.25) is 0 Å². The second kappa shape index (κ2) is 7.39. The van der Waals surface area contributed by atoms with Gasteiger partial charge in [0.1, 0.15) is 11.6 Å². The zero-order valence-electron chi connectivity index (χ0n) is 9.76. The average Bonchev–Trinajstić information content (AvgIpc) is 2.70. The van der Waals surface area contributed by atoms with E-state index in [9.17, 15) is 9.59 Å². The predicted molar refractivity (Wildman–Crippen MR) is 66.2 cm³/mol. The quantitative estimate of drug-likeness (QED) is 0.558.